The first-order valence-electron chi connectivity index (χ1n) is 14.5. The largest absolute Gasteiger partial charge is 0.465 e. The van der Waals surface area contributed by atoms with Gasteiger partial charge < -0.3 is 33.5 Å². The molecule has 12 unspecified atom stereocenters. The molecule has 3 aliphatic heterocycles. The Hall–Kier alpha value is -1.75. The molecular formula is C29H44O10. The highest BCUT2D eigenvalue weighted by molar-refractivity contribution is 5.72. The summed E-state index contributed by atoms with van der Waals surface area (Å²) in [5, 5.41) is 12.0. The lowest BCUT2D eigenvalue weighted by atomic mass is 9.41. The number of aliphatic hydroxyl groups excluding tert-OH is 1. The molecular weight excluding hydrogens is 508 g/mol. The predicted octanol–water partition coefficient (Wildman–Crippen LogP) is 2.77. The van der Waals surface area contributed by atoms with Gasteiger partial charge in [0.05, 0.1) is 36.8 Å². The Kier molecular flexibility index (Phi) is 7.57. The summed E-state index contributed by atoms with van der Waals surface area (Å²) in [4.78, 5) is 37.7. The van der Waals surface area contributed by atoms with Crippen molar-refractivity contribution in [3.8, 4) is 0 Å². The zero-order valence-corrected chi connectivity index (χ0v) is 24.0. The molecule has 1 spiro atoms. The first-order valence-corrected chi connectivity index (χ1v) is 14.5. The molecule has 5 rings (SSSR count). The summed E-state index contributed by atoms with van der Waals surface area (Å²) in [5.41, 5.74) is -2.85. The van der Waals surface area contributed by atoms with Gasteiger partial charge in [0.2, 0.25) is 0 Å². The third-order valence-electron chi connectivity index (χ3n) is 10.8. The number of hydrogen-bond acceptors (Lipinski definition) is 10. The number of esters is 3. The van der Waals surface area contributed by atoms with E-state index in [4.69, 9.17) is 28.4 Å². The van der Waals surface area contributed by atoms with Crippen LogP contribution in [0.1, 0.15) is 73.6 Å². The van der Waals surface area contributed by atoms with Crippen molar-refractivity contribution in [2.45, 2.75) is 110 Å². The van der Waals surface area contributed by atoms with E-state index in [1.54, 1.807) is 6.92 Å². The van der Waals surface area contributed by atoms with Gasteiger partial charge in [-0.2, -0.15) is 0 Å². The van der Waals surface area contributed by atoms with Gasteiger partial charge in [0, 0.05) is 37.5 Å². The molecule has 3 heterocycles. The Labute approximate surface area is 230 Å². The molecule has 3 saturated heterocycles. The van der Waals surface area contributed by atoms with Crippen LogP contribution in [0.3, 0.4) is 0 Å². The number of ether oxygens (including phenoxy) is 6. The molecule has 0 amide bonds. The second kappa shape index (κ2) is 10.3. The zero-order valence-electron chi connectivity index (χ0n) is 24.0. The van der Waals surface area contributed by atoms with Crippen molar-refractivity contribution in [2.75, 3.05) is 19.8 Å². The fourth-order valence-electron chi connectivity index (χ4n) is 8.36. The van der Waals surface area contributed by atoms with Crippen molar-refractivity contribution < 1.29 is 47.9 Å². The van der Waals surface area contributed by atoms with Crippen LogP contribution in [0.2, 0.25) is 0 Å². The highest BCUT2D eigenvalue weighted by atomic mass is 16.7. The van der Waals surface area contributed by atoms with E-state index < -0.39 is 52.6 Å². The van der Waals surface area contributed by atoms with Gasteiger partial charge in [0.25, 0.3) is 0 Å². The minimum atomic E-state index is -1.16. The van der Waals surface area contributed by atoms with E-state index in [1.165, 1.54) is 13.8 Å². The summed E-state index contributed by atoms with van der Waals surface area (Å²) in [7, 11) is 0. The summed E-state index contributed by atoms with van der Waals surface area (Å²) >= 11 is 0. The molecule has 0 aromatic carbocycles. The number of hydrogen-bond donors (Lipinski definition) is 1. The van der Waals surface area contributed by atoms with E-state index in [2.05, 4.69) is 13.8 Å². The number of carbonyl (C=O) groups excluding carboxylic acids is 3. The maximum Gasteiger partial charge on any atom is 0.309 e. The second-order valence-corrected chi connectivity index (χ2v) is 12.8. The molecule has 2 aliphatic carbocycles. The van der Waals surface area contributed by atoms with Gasteiger partial charge in [-0.05, 0) is 31.6 Å². The lowest BCUT2D eigenvalue weighted by molar-refractivity contribution is -0.293. The summed E-state index contributed by atoms with van der Waals surface area (Å²) < 4.78 is 36.5. The normalized spacial score (nSPS) is 47.2. The van der Waals surface area contributed by atoms with Crippen LogP contribution in [0.15, 0.2) is 0 Å². The van der Waals surface area contributed by atoms with Gasteiger partial charge in [-0.25, -0.2) is 0 Å². The monoisotopic (exact) mass is 552 g/mol. The van der Waals surface area contributed by atoms with Gasteiger partial charge in [-0.15, -0.1) is 0 Å². The minimum absolute atomic E-state index is 0.0224. The van der Waals surface area contributed by atoms with Gasteiger partial charge in [-0.3, -0.25) is 14.4 Å². The molecule has 0 radical (unpaired) electrons. The maximum atomic E-state index is 13.0. The predicted molar refractivity (Wildman–Crippen MR) is 136 cm³/mol. The topological polar surface area (TPSA) is 130 Å². The van der Waals surface area contributed by atoms with E-state index in [1.807, 2.05) is 6.92 Å². The van der Waals surface area contributed by atoms with E-state index in [0.717, 1.165) is 12.8 Å². The fourth-order valence-corrected chi connectivity index (χ4v) is 8.36. The molecule has 1 N–H and O–H groups in total. The number of fused-ring (bicyclic) bond motifs is 3. The molecule has 0 bridgehead atoms. The highest BCUT2D eigenvalue weighted by Crippen LogP contribution is 2.70. The summed E-state index contributed by atoms with van der Waals surface area (Å²) in [6.07, 6.45) is -0.0418. The average Bonchev–Trinajstić information content (AvgIpc) is 3.37. The van der Waals surface area contributed by atoms with Gasteiger partial charge >= 0.3 is 17.9 Å². The van der Waals surface area contributed by atoms with Crippen molar-refractivity contribution in [3.63, 3.8) is 0 Å². The van der Waals surface area contributed by atoms with Crippen LogP contribution in [0.5, 0.6) is 0 Å². The lowest BCUT2D eigenvalue weighted by Crippen LogP contribution is -2.75. The van der Waals surface area contributed by atoms with E-state index >= 15 is 0 Å². The van der Waals surface area contributed by atoms with Crippen LogP contribution in [0.4, 0.5) is 0 Å². The van der Waals surface area contributed by atoms with E-state index in [9.17, 15) is 19.5 Å². The van der Waals surface area contributed by atoms with Crippen LogP contribution < -0.4 is 0 Å². The molecule has 220 valence electrons. The van der Waals surface area contributed by atoms with Gasteiger partial charge in [0.1, 0.15) is 24.4 Å². The van der Waals surface area contributed by atoms with Crippen LogP contribution >= 0.6 is 0 Å². The average molecular weight is 553 g/mol. The van der Waals surface area contributed by atoms with Crippen molar-refractivity contribution in [1.82, 2.24) is 0 Å². The summed E-state index contributed by atoms with van der Waals surface area (Å²) in [5.74, 6) is -1.94. The SMILES string of the molecule is CCC(C)C(=O)OC1CC(O)C2C(C)(C3CC4CCOC4O3)C(C)CC(OC(C)=O)C2(COC(C)=O)C12CO2. The summed E-state index contributed by atoms with van der Waals surface area (Å²) in [6.45, 7) is 11.4. The molecule has 5 fully saturated rings. The number of epoxide rings is 1. The van der Waals surface area contributed by atoms with Gasteiger partial charge in [0.15, 0.2) is 6.29 Å². The van der Waals surface area contributed by atoms with Crippen molar-refractivity contribution in [1.29, 1.82) is 0 Å². The molecule has 10 nitrogen and oxygen atoms in total. The molecule has 0 aromatic rings. The van der Waals surface area contributed by atoms with Gasteiger partial charge in [-0.1, -0.05) is 27.7 Å². The first kappa shape index (κ1) is 28.8. The Morgan fingerprint density at radius 2 is 1.79 bits per heavy atom. The summed E-state index contributed by atoms with van der Waals surface area (Å²) in [6, 6.07) is 0. The number of rotatable bonds is 7. The van der Waals surface area contributed by atoms with E-state index in [-0.39, 0.29) is 55.8 Å². The van der Waals surface area contributed by atoms with Crippen LogP contribution in [0.25, 0.3) is 0 Å². The quantitative estimate of drug-likeness (QED) is 0.286. The second-order valence-electron chi connectivity index (χ2n) is 12.8. The fraction of sp³-hybridized carbons (Fsp3) is 0.897. The Morgan fingerprint density at radius 3 is 2.38 bits per heavy atom. The maximum absolute atomic E-state index is 13.0. The highest BCUT2D eigenvalue weighted by Gasteiger charge is 2.81. The lowest BCUT2D eigenvalue weighted by Gasteiger charge is -2.65. The number of aliphatic hydroxyl groups is 1. The van der Waals surface area contributed by atoms with E-state index in [0.29, 0.717) is 19.4 Å². The van der Waals surface area contributed by atoms with Crippen molar-refractivity contribution in [2.24, 2.45) is 34.5 Å². The molecule has 12 atom stereocenters. The molecule has 39 heavy (non-hydrogen) atoms. The van der Waals surface area contributed by atoms with Crippen LogP contribution in [-0.2, 0) is 42.8 Å². The first-order chi connectivity index (χ1) is 18.4. The smallest absolute Gasteiger partial charge is 0.309 e. The molecule has 10 heteroatoms. The molecule has 5 aliphatic rings. The Balaban J connectivity index is 1.62. The van der Waals surface area contributed by atoms with Crippen molar-refractivity contribution in [3.05, 3.63) is 0 Å². The van der Waals surface area contributed by atoms with Crippen molar-refractivity contribution >= 4 is 17.9 Å². The number of carbonyl (C=O) groups is 3. The van der Waals surface area contributed by atoms with Crippen LogP contribution in [0, 0.1) is 34.5 Å². The third kappa shape index (κ3) is 4.41. The third-order valence-corrected chi connectivity index (χ3v) is 10.8. The zero-order chi connectivity index (χ0) is 28.3. The minimum Gasteiger partial charge on any atom is -0.465 e. The Bertz CT molecular complexity index is 967. The standard InChI is InChI=1S/C29H44O10/c1-7-15(2)25(33)38-23-12-20(32)24-27(6,21-11-19-8-9-34-26(19)39-21)16(3)10-22(37-18(5)31)28(24,13-35-17(4)30)29(23)14-36-29/h15-16,19-24,26,32H,7-14H2,1-6H3. The molecule has 2 saturated carbocycles. The van der Waals surface area contributed by atoms with Crippen LogP contribution in [-0.4, -0.2) is 79.1 Å². The Morgan fingerprint density at radius 1 is 1.08 bits per heavy atom. The molecule has 0 aromatic heterocycles.